The van der Waals surface area contributed by atoms with Crippen molar-refractivity contribution in [3.8, 4) is 0 Å². The van der Waals surface area contributed by atoms with E-state index in [1.54, 1.807) is 0 Å². The number of rotatable bonds is 5. The van der Waals surface area contributed by atoms with Crippen molar-refractivity contribution in [2.24, 2.45) is 5.73 Å². The zero-order valence-electron chi connectivity index (χ0n) is 10.7. The number of nitrogens with two attached hydrogens (primary N) is 1. The van der Waals surface area contributed by atoms with Crippen molar-refractivity contribution >= 4 is 5.69 Å². The van der Waals surface area contributed by atoms with Gasteiger partial charge in [0.25, 0.3) is 0 Å². The molecule has 0 saturated heterocycles. The molecule has 0 spiro atoms. The predicted octanol–water partition coefficient (Wildman–Crippen LogP) is 2.57. The van der Waals surface area contributed by atoms with Crippen LogP contribution in [0.5, 0.6) is 0 Å². The second-order valence-corrected chi connectivity index (χ2v) is 4.24. The number of pyridine rings is 1. The zero-order valence-corrected chi connectivity index (χ0v) is 10.7. The second kappa shape index (κ2) is 6.17. The van der Waals surface area contributed by atoms with E-state index < -0.39 is 0 Å². The first kappa shape index (κ1) is 12.6. The van der Waals surface area contributed by atoms with Gasteiger partial charge in [-0.25, -0.2) is 0 Å². The van der Waals surface area contributed by atoms with Gasteiger partial charge in [0.05, 0.1) is 0 Å². The van der Waals surface area contributed by atoms with Crippen LogP contribution in [0.25, 0.3) is 0 Å². The molecule has 0 amide bonds. The summed E-state index contributed by atoms with van der Waals surface area (Å²) in [5.41, 5.74) is 9.28. The lowest BCUT2D eigenvalue weighted by atomic mass is 10.1. The van der Waals surface area contributed by atoms with Crippen molar-refractivity contribution in [1.29, 1.82) is 0 Å². The minimum Gasteiger partial charge on any atom is -0.367 e. The van der Waals surface area contributed by atoms with Crippen LogP contribution < -0.4 is 10.6 Å². The molecule has 94 valence electrons. The molecule has 0 saturated carbocycles. The van der Waals surface area contributed by atoms with Gasteiger partial charge in [0.15, 0.2) is 0 Å². The fourth-order valence-corrected chi connectivity index (χ4v) is 1.94. The molecule has 0 aliphatic rings. The van der Waals surface area contributed by atoms with Crippen LogP contribution in [-0.2, 0) is 13.1 Å². The van der Waals surface area contributed by atoms with E-state index >= 15 is 0 Å². The molecule has 1 heterocycles. The Kier molecular flexibility index (Phi) is 4.31. The Morgan fingerprint density at radius 1 is 1.00 bits per heavy atom. The third-order valence-electron chi connectivity index (χ3n) is 3.04. The molecular weight excluding hydrogens is 222 g/mol. The molecule has 18 heavy (non-hydrogen) atoms. The molecule has 0 unspecified atom stereocenters. The Hall–Kier alpha value is -1.87. The van der Waals surface area contributed by atoms with Crippen molar-refractivity contribution in [1.82, 2.24) is 4.98 Å². The first-order chi connectivity index (χ1) is 8.83. The van der Waals surface area contributed by atoms with Crippen LogP contribution in [0.15, 0.2) is 48.8 Å². The molecule has 1 aromatic carbocycles. The summed E-state index contributed by atoms with van der Waals surface area (Å²) in [7, 11) is 0. The van der Waals surface area contributed by atoms with Crippen molar-refractivity contribution < 1.29 is 0 Å². The van der Waals surface area contributed by atoms with Gasteiger partial charge in [0.1, 0.15) is 0 Å². The normalized spacial score (nSPS) is 10.3. The van der Waals surface area contributed by atoms with Gasteiger partial charge in [-0.15, -0.1) is 0 Å². The predicted molar refractivity (Wildman–Crippen MR) is 75.3 cm³/mol. The number of hydrogen-bond donors (Lipinski definition) is 1. The molecular formula is C15H19N3. The Bertz CT molecular complexity index is 465. The smallest absolute Gasteiger partial charge is 0.0430 e. The summed E-state index contributed by atoms with van der Waals surface area (Å²) in [6.45, 7) is 4.64. The Balaban J connectivity index is 2.12. The minimum atomic E-state index is 0.594. The van der Waals surface area contributed by atoms with E-state index in [2.05, 4.69) is 53.2 Å². The SMILES string of the molecule is CCN(Cc1ccncc1)c1ccc(CN)cc1. The van der Waals surface area contributed by atoms with Crippen molar-refractivity contribution in [2.45, 2.75) is 20.0 Å². The standard InChI is InChI=1S/C15H19N3/c1-2-18(12-14-7-9-17-10-8-14)15-5-3-13(11-16)4-6-15/h3-10H,2,11-12,16H2,1H3. The summed E-state index contributed by atoms with van der Waals surface area (Å²) in [5, 5.41) is 0. The maximum absolute atomic E-state index is 5.61. The van der Waals surface area contributed by atoms with E-state index in [9.17, 15) is 0 Å². The van der Waals surface area contributed by atoms with Gasteiger partial charge in [-0.2, -0.15) is 0 Å². The first-order valence-electron chi connectivity index (χ1n) is 6.26. The van der Waals surface area contributed by atoms with Crippen LogP contribution >= 0.6 is 0 Å². The van der Waals surface area contributed by atoms with E-state index in [0.29, 0.717) is 6.54 Å². The van der Waals surface area contributed by atoms with Crippen molar-refractivity contribution in [3.63, 3.8) is 0 Å². The second-order valence-electron chi connectivity index (χ2n) is 4.24. The minimum absolute atomic E-state index is 0.594. The highest BCUT2D eigenvalue weighted by atomic mass is 15.1. The monoisotopic (exact) mass is 241 g/mol. The topological polar surface area (TPSA) is 42.2 Å². The van der Waals surface area contributed by atoms with E-state index in [1.807, 2.05) is 12.4 Å². The van der Waals surface area contributed by atoms with E-state index in [1.165, 1.54) is 16.8 Å². The number of anilines is 1. The maximum atomic E-state index is 5.61. The number of aromatic nitrogens is 1. The van der Waals surface area contributed by atoms with Gasteiger partial charge < -0.3 is 10.6 Å². The summed E-state index contributed by atoms with van der Waals surface area (Å²) < 4.78 is 0. The highest BCUT2D eigenvalue weighted by Crippen LogP contribution is 2.17. The van der Waals surface area contributed by atoms with Gasteiger partial charge in [-0.05, 0) is 42.3 Å². The molecule has 2 rings (SSSR count). The fourth-order valence-electron chi connectivity index (χ4n) is 1.94. The van der Waals surface area contributed by atoms with Crippen LogP contribution in [0, 0.1) is 0 Å². The summed E-state index contributed by atoms with van der Waals surface area (Å²) >= 11 is 0. The summed E-state index contributed by atoms with van der Waals surface area (Å²) in [5.74, 6) is 0. The number of nitrogens with zero attached hydrogens (tertiary/aromatic N) is 2. The first-order valence-corrected chi connectivity index (χ1v) is 6.26. The lowest BCUT2D eigenvalue weighted by Crippen LogP contribution is -2.21. The molecule has 2 N–H and O–H groups in total. The lowest BCUT2D eigenvalue weighted by Gasteiger charge is -2.23. The summed E-state index contributed by atoms with van der Waals surface area (Å²) in [6, 6.07) is 12.5. The van der Waals surface area contributed by atoms with E-state index in [4.69, 9.17) is 5.73 Å². The lowest BCUT2D eigenvalue weighted by molar-refractivity contribution is 0.829. The van der Waals surface area contributed by atoms with Gasteiger partial charge in [-0.1, -0.05) is 12.1 Å². The molecule has 3 nitrogen and oxygen atoms in total. The largest absolute Gasteiger partial charge is 0.367 e. The Morgan fingerprint density at radius 3 is 2.22 bits per heavy atom. The average molecular weight is 241 g/mol. The molecule has 0 aliphatic heterocycles. The Morgan fingerprint density at radius 2 is 1.67 bits per heavy atom. The number of hydrogen-bond acceptors (Lipinski definition) is 3. The molecule has 0 atom stereocenters. The zero-order chi connectivity index (χ0) is 12.8. The summed E-state index contributed by atoms with van der Waals surface area (Å²) in [6.07, 6.45) is 3.67. The third-order valence-corrected chi connectivity index (χ3v) is 3.04. The maximum Gasteiger partial charge on any atom is 0.0430 e. The summed E-state index contributed by atoms with van der Waals surface area (Å²) in [4.78, 5) is 6.37. The molecule has 3 heteroatoms. The van der Waals surface area contributed by atoms with Crippen molar-refractivity contribution in [3.05, 3.63) is 59.9 Å². The average Bonchev–Trinajstić information content (AvgIpc) is 2.46. The fraction of sp³-hybridized carbons (Fsp3) is 0.267. The molecule has 0 fully saturated rings. The molecule has 1 aromatic heterocycles. The molecule has 2 aromatic rings. The number of benzene rings is 1. The highest BCUT2D eigenvalue weighted by Gasteiger charge is 2.04. The molecule has 0 bridgehead atoms. The van der Waals surface area contributed by atoms with Crippen LogP contribution in [-0.4, -0.2) is 11.5 Å². The van der Waals surface area contributed by atoms with Gasteiger partial charge in [-0.3, -0.25) is 4.98 Å². The van der Waals surface area contributed by atoms with Crippen LogP contribution in [0.4, 0.5) is 5.69 Å². The molecule has 0 radical (unpaired) electrons. The quantitative estimate of drug-likeness (QED) is 0.874. The van der Waals surface area contributed by atoms with Gasteiger partial charge in [0.2, 0.25) is 0 Å². The van der Waals surface area contributed by atoms with E-state index in [0.717, 1.165) is 13.1 Å². The van der Waals surface area contributed by atoms with Crippen LogP contribution in [0.2, 0.25) is 0 Å². The van der Waals surface area contributed by atoms with Crippen LogP contribution in [0.3, 0.4) is 0 Å². The van der Waals surface area contributed by atoms with Crippen molar-refractivity contribution in [2.75, 3.05) is 11.4 Å². The highest BCUT2D eigenvalue weighted by molar-refractivity contribution is 5.48. The van der Waals surface area contributed by atoms with Gasteiger partial charge >= 0.3 is 0 Å². The van der Waals surface area contributed by atoms with E-state index in [-0.39, 0.29) is 0 Å². The molecule has 0 aliphatic carbocycles. The Labute approximate surface area is 108 Å². The van der Waals surface area contributed by atoms with Crippen LogP contribution in [0.1, 0.15) is 18.1 Å². The van der Waals surface area contributed by atoms with Gasteiger partial charge in [0, 0.05) is 37.7 Å². The third kappa shape index (κ3) is 3.08.